The summed E-state index contributed by atoms with van der Waals surface area (Å²) in [7, 11) is 0. The van der Waals surface area contributed by atoms with Crippen LogP contribution in [0.3, 0.4) is 0 Å². The number of H-pyrrole nitrogens is 1. The van der Waals surface area contributed by atoms with Crippen molar-refractivity contribution in [2.24, 2.45) is 5.41 Å². The molecule has 18 heteroatoms. The number of nitrogens with zero attached hydrogens (tertiary/aromatic N) is 4. The summed E-state index contributed by atoms with van der Waals surface area (Å²) in [5.74, 6) is -0.104. The van der Waals surface area contributed by atoms with Gasteiger partial charge in [0.05, 0.1) is 44.4 Å². The fourth-order valence-electron chi connectivity index (χ4n) is 10.4. The number of aryl methyl sites for hydroxylation is 2. The van der Waals surface area contributed by atoms with Crippen LogP contribution in [0.15, 0.2) is 24.5 Å². The first-order chi connectivity index (χ1) is 30.0. The number of halogens is 3. The van der Waals surface area contributed by atoms with E-state index in [2.05, 4.69) is 41.5 Å². The highest BCUT2D eigenvalue weighted by molar-refractivity contribution is 9.10. The Morgan fingerprint density at radius 2 is 1.27 bits per heavy atom. The van der Waals surface area contributed by atoms with E-state index in [9.17, 15) is 28.8 Å². The van der Waals surface area contributed by atoms with Gasteiger partial charge in [-0.05, 0) is 122 Å². The van der Waals surface area contributed by atoms with Crippen molar-refractivity contribution in [2.75, 3.05) is 26.2 Å². The van der Waals surface area contributed by atoms with Gasteiger partial charge in [-0.15, -0.1) is 0 Å². The first-order valence-electron chi connectivity index (χ1n) is 21.8. The van der Waals surface area contributed by atoms with E-state index in [1.165, 1.54) is 0 Å². The Morgan fingerprint density at radius 1 is 0.750 bits per heavy atom. The third-order valence-electron chi connectivity index (χ3n) is 13.9. The van der Waals surface area contributed by atoms with Gasteiger partial charge in [0.15, 0.2) is 11.6 Å². The fourth-order valence-corrected chi connectivity index (χ4v) is 11.2. The summed E-state index contributed by atoms with van der Waals surface area (Å²) in [5.41, 5.74) is 5.01. The fraction of sp³-hybridized carbons (Fsp3) is 0.565. The number of aromatic amines is 1. The molecule has 4 aliphatic heterocycles. The Labute approximate surface area is 389 Å². The third-order valence-corrected chi connectivity index (χ3v) is 15.2. The molecule has 8 aliphatic rings. The van der Waals surface area contributed by atoms with E-state index in [0.29, 0.717) is 42.0 Å². The highest BCUT2D eigenvalue weighted by Gasteiger charge is 2.72. The summed E-state index contributed by atoms with van der Waals surface area (Å²) in [6.45, 7) is 12.9. The van der Waals surface area contributed by atoms with Gasteiger partial charge in [0.2, 0.25) is 5.91 Å². The van der Waals surface area contributed by atoms with E-state index in [-0.39, 0.29) is 57.8 Å². The van der Waals surface area contributed by atoms with E-state index in [1.807, 2.05) is 53.8 Å². The van der Waals surface area contributed by atoms with Gasteiger partial charge in [0.25, 0.3) is 5.91 Å². The second-order valence-corrected chi connectivity index (χ2v) is 22.4. The number of alkyl halides is 1. The number of fused-ring (bicyclic) bond motifs is 9. The number of hydrogen-bond donors (Lipinski definition) is 3. The molecule has 11 rings (SSSR count). The topological polar surface area (TPSA) is 193 Å². The summed E-state index contributed by atoms with van der Waals surface area (Å²) in [6, 6.07) is 3.52. The van der Waals surface area contributed by atoms with Crippen molar-refractivity contribution in [3.05, 3.63) is 68.3 Å². The Balaban J connectivity index is 0.000000134. The standard InChI is InChI=1S/C23H25ClN4O3.C14H20N2O4.C9H7BrClNO/c1-21(2,3)31-20(30)28-10-22(11-28)18-16(19(29)27-23(22)6-7-23)13-5-4-12-9-25-15(24)8-14(12)17(13)26-18;1-12(2,3)20-11(19)16-7-13(8-16)9(17)6-10(18)15-14(13)4-5-14;10-7-2-1-5-4-12-8(11)3-6(5)9(7)13/h8-9,26H,4-7,10-11H2,1-3H3,(H,27,29);4-8H2,1-3H3,(H,15,18);3-4,7H,1-2H2. The molecule has 0 bridgehead atoms. The lowest BCUT2D eigenvalue weighted by molar-refractivity contribution is -0.153. The zero-order chi connectivity index (χ0) is 45.9. The molecule has 3 saturated heterocycles. The van der Waals surface area contributed by atoms with E-state index in [4.69, 9.17) is 32.7 Å². The number of ether oxygens (including phenoxy) is 2. The van der Waals surface area contributed by atoms with Crippen LogP contribution >= 0.6 is 39.1 Å². The SMILES string of the molecule is CC(C)(C)OC(=O)N1CC2(C1)C(=O)CC(=O)NC21CC1.CC(C)(C)OC(=O)N1CC2(C1)c1[nH]c3c(c1C(=O)NC21CC1)CCc1cnc(Cl)cc1-3.O=C1c2cc(Cl)ncc2CCC1Br. The molecule has 4 spiro atoms. The number of nitrogens with one attached hydrogen (secondary N) is 3. The number of rotatable bonds is 0. The minimum atomic E-state index is -0.572. The van der Waals surface area contributed by atoms with Crippen molar-refractivity contribution in [3.8, 4) is 11.3 Å². The number of aromatic nitrogens is 3. The molecule has 340 valence electrons. The molecule has 1 unspecified atom stereocenters. The molecule has 2 saturated carbocycles. The van der Waals surface area contributed by atoms with Crippen molar-refractivity contribution in [3.63, 3.8) is 0 Å². The molecule has 3 N–H and O–H groups in total. The third kappa shape index (κ3) is 7.58. The van der Waals surface area contributed by atoms with Crippen molar-refractivity contribution in [2.45, 2.75) is 132 Å². The van der Waals surface area contributed by atoms with Crippen molar-refractivity contribution < 1.29 is 38.2 Å². The molecule has 3 aromatic heterocycles. The first kappa shape index (κ1) is 44.7. The molecule has 1 atom stereocenters. The van der Waals surface area contributed by atoms with Crippen LogP contribution in [0.4, 0.5) is 9.59 Å². The zero-order valence-electron chi connectivity index (χ0n) is 36.8. The minimum absolute atomic E-state index is 0.00468. The molecular formula is C46H52BrCl2N7O8. The average molecular weight is 982 g/mol. The van der Waals surface area contributed by atoms with Crippen molar-refractivity contribution in [1.29, 1.82) is 0 Å². The smallest absolute Gasteiger partial charge is 0.410 e. The Bertz CT molecular complexity index is 2530. The molecule has 5 fully saturated rings. The lowest BCUT2D eigenvalue weighted by Crippen LogP contribution is -2.74. The van der Waals surface area contributed by atoms with E-state index in [1.54, 1.807) is 22.1 Å². The van der Waals surface area contributed by atoms with Crippen LogP contribution in [0.5, 0.6) is 0 Å². The normalized spacial score (nSPS) is 23.0. The van der Waals surface area contributed by atoms with Crippen molar-refractivity contribution in [1.82, 2.24) is 35.4 Å². The molecule has 3 aromatic rings. The molecule has 0 radical (unpaired) electrons. The maximum absolute atomic E-state index is 13.2. The molecule has 4 amide bonds. The summed E-state index contributed by atoms with van der Waals surface area (Å²) in [4.78, 5) is 88.3. The van der Waals surface area contributed by atoms with Gasteiger partial charge in [-0.1, -0.05) is 39.1 Å². The molecule has 64 heavy (non-hydrogen) atoms. The molecule has 0 aromatic carbocycles. The summed E-state index contributed by atoms with van der Waals surface area (Å²) in [6.07, 6.45) is 9.61. The van der Waals surface area contributed by atoms with Gasteiger partial charge >= 0.3 is 12.2 Å². The number of likely N-dealkylation sites (tertiary alicyclic amines) is 2. The second kappa shape index (κ2) is 15.3. The summed E-state index contributed by atoms with van der Waals surface area (Å²) in [5, 5.41) is 7.10. The number of piperidine rings is 1. The summed E-state index contributed by atoms with van der Waals surface area (Å²) < 4.78 is 10.9. The number of hydrogen-bond acceptors (Lipinski definition) is 10. The maximum atomic E-state index is 13.2. The molecule has 7 heterocycles. The number of carbonyl (C=O) groups excluding carboxylic acids is 6. The van der Waals surface area contributed by atoms with Crippen LogP contribution in [0.2, 0.25) is 10.3 Å². The monoisotopic (exact) mass is 979 g/mol. The molecular weight excluding hydrogens is 929 g/mol. The van der Waals surface area contributed by atoms with Gasteiger partial charge in [0, 0.05) is 55.4 Å². The van der Waals surface area contributed by atoms with Gasteiger partial charge in [-0.2, -0.15) is 0 Å². The van der Waals surface area contributed by atoms with Crippen LogP contribution in [0, 0.1) is 5.41 Å². The van der Waals surface area contributed by atoms with Gasteiger partial charge in [-0.25, -0.2) is 19.6 Å². The van der Waals surface area contributed by atoms with E-state index >= 15 is 0 Å². The Kier molecular flexibility index (Phi) is 10.6. The number of carbonyl (C=O) groups is 6. The Hall–Kier alpha value is -4.54. The number of pyridine rings is 2. The maximum Gasteiger partial charge on any atom is 0.410 e. The number of Topliss-reactive ketones (excluding diaryl/α,β-unsaturated/α-hetero) is 2. The largest absolute Gasteiger partial charge is 0.444 e. The predicted molar refractivity (Wildman–Crippen MR) is 240 cm³/mol. The van der Waals surface area contributed by atoms with Crippen LogP contribution in [-0.4, -0.2) is 114 Å². The highest BCUT2D eigenvalue weighted by Crippen LogP contribution is 2.60. The van der Waals surface area contributed by atoms with E-state index < -0.39 is 22.2 Å². The van der Waals surface area contributed by atoms with Crippen LogP contribution in [0.25, 0.3) is 11.3 Å². The van der Waals surface area contributed by atoms with E-state index in [0.717, 1.165) is 90.6 Å². The average Bonchev–Trinajstić information content (AvgIpc) is 4.07. The molecule has 4 aliphatic carbocycles. The van der Waals surface area contributed by atoms with Crippen molar-refractivity contribution >= 4 is 74.7 Å². The quantitative estimate of drug-likeness (QED) is 0.119. The second-order valence-electron chi connectivity index (χ2n) is 20.5. The highest BCUT2D eigenvalue weighted by atomic mass is 79.9. The minimum Gasteiger partial charge on any atom is -0.444 e. The van der Waals surface area contributed by atoms with Crippen LogP contribution in [-0.2, 0) is 43.7 Å². The van der Waals surface area contributed by atoms with Crippen LogP contribution < -0.4 is 10.6 Å². The van der Waals surface area contributed by atoms with Gasteiger partial charge in [-0.3, -0.25) is 19.2 Å². The lowest BCUT2D eigenvalue weighted by Gasteiger charge is -2.56. The molecule has 15 nitrogen and oxygen atoms in total. The number of amides is 4. The summed E-state index contributed by atoms with van der Waals surface area (Å²) >= 11 is 15.2. The predicted octanol–water partition coefficient (Wildman–Crippen LogP) is 7.07. The number of ketones is 2. The zero-order valence-corrected chi connectivity index (χ0v) is 39.9. The Morgan fingerprint density at radius 3 is 1.81 bits per heavy atom. The van der Waals surface area contributed by atoms with Crippen LogP contribution in [0.1, 0.15) is 123 Å². The first-order valence-corrected chi connectivity index (χ1v) is 23.5. The lowest BCUT2D eigenvalue weighted by atomic mass is 9.65. The van der Waals surface area contributed by atoms with Gasteiger partial charge in [0.1, 0.15) is 21.5 Å². The van der Waals surface area contributed by atoms with Gasteiger partial charge < -0.3 is 34.9 Å².